The van der Waals surface area contributed by atoms with Crippen molar-refractivity contribution in [3.63, 3.8) is 0 Å². The van der Waals surface area contributed by atoms with Crippen LogP contribution in [0.2, 0.25) is 0 Å². The number of allylic oxidation sites excluding steroid dienone is 10. The van der Waals surface area contributed by atoms with Gasteiger partial charge in [-0.2, -0.15) is 0 Å². The fourth-order valence-corrected chi connectivity index (χ4v) is 10.7. The summed E-state index contributed by atoms with van der Waals surface area (Å²) in [5, 5.41) is 0. The predicted octanol–water partition coefficient (Wildman–Crippen LogP) is 24.7. The lowest BCUT2D eigenvalue weighted by atomic mass is 10.0. The largest absolute Gasteiger partial charge is 0.462 e. The average Bonchev–Trinajstić information content (AvgIpc) is 3.47. The number of ether oxygens (including phenoxy) is 3. The van der Waals surface area contributed by atoms with Crippen LogP contribution in [0, 0.1) is 0 Å². The molecule has 0 saturated heterocycles. The normalized spacial score (nSPS) is 12.4. The van der Waals surface area contributed by atoms with Crippen LogP contribution in [0.3, 0.4) is 0 Å². The summed E-state index contributed by atoms with van der Waals surface area (Å²) in [6, 6.07) is 0. The molecule has 0 aliphatic carbocycles. The van der Waals surface area contributed by atoms with Gasteiger partial charge < -0.3 is 14.2 Å². The number of hydrogen-bond donors (Lipinski definition) is 0. The van der Waals surface area contributed by atoms with Crippen molar-refractivity contribution < 1.29 is 28.6 Å². The Labute approximate surface area is 504 Å². The lowest BCUT2D eigenvalue weighted by Gasteiger charge is -2.18. The first kappa shape index (κ1) is 78.1. The van der Waals surface area contributed by atoms with E-state index in [-0.39, 0.29) is 31.1 Å². The lowest BCUT2D eigenvalue weighted by molar-refractivity contribution is -0.167. The van der Waals surface area contributed by atoms with Gasteiger partial charge in [0.15, 0.2) is 6.10 Å². The van der Waals surface area contributed by atoms with E-state index in [1.807, 2.05) is 0 Å². The molecule has 0 heterocycles. The number of hydrogen-bond acceptors (Lipinski definition) is 6. The van der Waals surface area contributed by atoms with E-state index in [1.165, 1.54) is 231 Å². The summed E-state index contributed by atoms with van der Waals surface area (Å²) in [5.74, 6) is -0.869. The zero-order chi connectivity index (χ0) is 58.5. The van der Waals surface area contributed by atoms with Gasteiger partial charge in [0.05, 0.1) is 0 Å². The van der Waals surface area contributed by atoms with Gasteiger partial charge in [0.25, 0.3) is 0 Å². The summed E-state index contributed by atoms with van der Waals surface area (Å²) in [5.41, 5.74) is 0. The molecule has 0 aromatic carbocycles. The van der Waals surface area contributed by atoms with Crippen molar-refractivity contribution in [2.45, 2.75) is 386 Å². The van der Waals surface area contributed by atoms with Gasteiger partial charge in [0.2, 0.25) is 0 Å². The van der Waals surface area contributed by atoms with Crippen LogP contribution in [0.15, 0.2) is 60.8 Å². The number of unbranched alkanes of at least 4 members (excludes halogenated alkanes) is 45. The molecule has 0 N–H and O–H groups in total. The lowest BCUT2D eigenvalue weighted by Crippen LogP contribution is -2.30. The van der Waals surface area contributed by atoms with Crippen LogP contribution in [-0.4, -0.2) is 37.2 Å². The molecule has 0 rings (SSSR count). The van der Waals surface area contributed by atoms with Crippen molar-refractivity contribution in [2.75, 3.05) is 13.2 Å². The van der Waals surface area contributed by atoms with Crippen LogP contribution >= 0.6 is 0 Å². The van der Waals surface area contributed by atoms with Crippen molar-refractivity contribution in [1.82, 2.24) is 0 Å². The van der Waals surface area contributed by atoms with E-state index < -0.39 is 6.10 Å². The second-order valence-corrected chi connectivity index (χ2v) is 24.1. The summed E-state index contributed by atoms with van der Waals surface area (Å²) < 4.78 is 17.0. The van der Waals surface area contributed by atoms with Gasteiger partial charge in [0, 0.05) is 19.3 Å². The first-order chi connectivity index (χ1) is 40.0. The Bertz CT molecular complexity index is 1440. The van der Waals surface area contributed by atoms with Gasteiger partial charge in [-0.05, 0) is 64.2 Å². The zero-order valence-electron chi connectivity index (χ0n) is 54.3. The molecule has 0 aromatic rings. The molecule has 1 unspecified atom stereocenters. The van der Waals surface area contributed by atoms with Crippen molar-refractivity contribution in [1.29, 1.82) is 0 Å². The first-order valence-electron chi connectivity index (χ1n) is 35.8. The number of esters is 3. The first-order valence-corrected chi connectivity index (χ1v) is 35.8. The Kier molecular flexibility index (Phi) is 67.1. The van der Waals surface area contributed by atoms with Gasteiger partial charge in [-0.15, -0.1) is 0 Å². The summed E-state index contributed by atoms with van der Waals surface area (Å²) in [6.07, 6.45) is 89.6. The molecular weight excluding hydrogens is 997 g/mol. The van der Waals surface area contributed by atoms with Crippen LogP contribution < -0.4 is 0 Å². The minimum absolute atomic E-state index is 0.0772. The van der Waals surface area contributed by atoms with E-state index in [9.17, 15) is 14.4 Å². The third-order valence-corrected chi connectivity index (χ3v) is 16.0. The highest BCUT2D eigenvalue weighted by molar-refractivity contribution is 5.71. The molecule has 6 nitrogen and oxygen atoms in total. The molecule has 0 aromatic heterocycles. The van der Waals surface area contributed by atoms with Gasteiger partial charge in [-0.3, -0.25) is 14.4 Å². The Hall–Kier alpha value is -2.89. The smallest absolute Gasteiger partial charge is 0.306 e. The molecule has 0 spiro atoms. The summed E-state index contributed by atoms with van der Waals surface area (Å²) in [4.78, 5) is 38.5. The Morgan fingerprint density at radius 1 is 0.259 bits per heavy atom. The van der Waals surface area contributed by atoms with Crippen molar-refractivity contribution in [2.24, 2.45) is 0 Å². The third kappa shape index (κ3) is 67.8. The molecule has 0 fully saturated rings. The van der Waals surface area contributed by atoms with Crippen LogP contribution in [-0.2, 0) is 28.6 Å². The Morgan fingerprint density at radius 3 is 0.753 bits per heavy atom. The predicted molar refractivity (Wildman–Crippen MR) is 353 cm³/mol. The molecular formula is C75H136O6. The summed E-state index contributed by atoms with van der Waals surface area (Å²) in [7, 11) is 0. The molecule has 1 atom stereocenters. The maximum atomic E-state index is 13.0. The minimum Gasteiger partial charge on any atom is -0.462 e. The van der Waals surface area contributed by atoms with Gasteiger partial charge in [0.1, 0.15) is 13.2 Å². The van der Waals surface area contributed by atoms with Gasteiger partial charge in [-0.1, -0.05) is 358 Å². The van der Waals surface area contributed by atoms with Crippen LogP contribution in [0.5, 0.6) is 0 Å². The van der Waals surface area contributed by atoms with Crippen LogP contribution in [0.4, 0.5) is 0 Å². The van der Waals surface area contributed by atoms with Gasteiger partial charge >= 0.3 is 17.9 Å². The maximum absolute atomic E-state index is 13.0. The number of carbonyl (C=O) groups is 3. The quantitative estimate of drug-likeness (QED) is 0.0261. The van der Waals surface area contributed by atoms with E-state index in [4.69, 9.17) is 14.2 Å². The third-order valence-electron chi connectivity index (χ3n) is 16.0. The molecule has 0 bridgehead atoms. The number of rotatable bonds is 66. The van der Waals surface area contributed by atoms with E-state index in [2.05, 4.69) is 81.5 Å². The van der Waals surface area contributed by atoms with Crippen molar-refractivity contribution >= 4 is 17.9 Å². The molecule has 0 aliphatic heterocycles. The molecule has 0 aliphatic rings. The standard InChI is InChI=1S/C75H136O6/c1-4-7-10-13-16-19-22-25-28-31-33-35-36-37-38-39-41-42-44-47-50-53-56-59-62-65-68-74(77)80-71-72(70-79-73(76)67-64-61-58-55-52-49-46-30-27-24-21-18-15-12-9-6-3)81-75(78)69-66-63-60-57-54-51-48-45-43-40-34-32-29-26-23-20-17-14-11-8-5-2/h8,11,17,20,26,29,34,40,45,48,72H,4-7,9-10,12-16,18-19,21-25,27-28,30-33,35-39,41-44,46-47,49-71H2,1-3H3/b11-8-,20-17-,29-26-,40-34-,48-45-. The van der Waals surface area contributed by atoms with E-state index in [1.54, 1.807) is 0 Å². The van der Waals surface area contributed by atoms with Crippen molar-refractivity contribution in [3.05, 3.63) is 60.8 Å². The van der Waals surface area contributed by atoms with Crippen LogP contribution in [0.1, 0.15) is 380 Å². The SMILES string of the molecule is CC/C=C\C/C=C\C/C=C\C/C=C\C/C=C\CCCCCCCC(=O)OC(COC(=O)CCCCCCCCCCCCCCCCCC)COC(=O)CCCCCCCCCCCCCCCCCCCCCCCCCCCC. The number of carbonyl (C=O) groups excluding carboxylic acids is 3. The average molecular weight is 1130 g/mol. The second kappa shape index (κ2) is 69.6. The van der Waals surface area contributed by atoms with Crippen LogP contribution in [0.25, 0.3) is 0 Å². The van der Waals surface area contributed by atoms with E-state index >= 15 is 0 Å². The molecule has 472 valence electrons. The summed E-state index contributed by atoms with van der Waals surface area (Å²) >= 11 is 0. The monoisotopic (exact) mass is 1130 g/mol. The fourth-order valence-electron chi connectivity index (χ4n) is 10.7. The highest BCUT2D eigenvalue weighted by Gasteiger charge is 2.19. The topological polar surface area (TPSA) is 78.9 Å². The summed E-state index contributed by atoms with van der Waals surface area (Å²) in [6.45, 7) is 6.58. The molecule has 0 radical (unpaired) electrons. The fraction of sp³-hybridized carbons (Fsp3) is 0.827. The van der Waals surface area contributed by atoms with E-state index in [0.717, 1.165) is 109 Å². The zero-order valence-corrected chi connectivity index (χ0v) is 54.3. The highest BCUT2D eigenvalue weighted by Crippen LogP contribution is 2.19. The van der Waals surface area contributed by atoms with Gasteiger partial charge in [-0.25, -0.2) is 0 Å². The highest BCUT2D eigenvalue weighted by atomic mass is 16.6. The van der Waals surface area contributed by atoms with Crippen molar-refractivity contribution in [3.8, 4) is 0 Å². The minimum atomic E-state index is -0.784. The Morgan fingerprint density at radius 2 is 0.481 bits per heavy atom. The molecule has 0 saturated carbocycles. The molecule has 0 amide bonds. The Balaban J connectivity index is 4.30. The van der Waals surface area contributed by atoms with E-state index in [0.29, 0.717) is 19.3 Å². The molecule has 81 heavy (non-hydrogen) atoms. The molecule has 6 heteroatoms. The second-order valence-electron chi connectivity index (χ2n) is 24.1. The maximum Gasteiger partial charge on any atom is 0.306 e.